The summed E-state index contributed by atoms with van der Waals surface area (Å²) >= 11 is 4.06. The Morgan fingerprint density at radius 2 is 2.44 bits per heavy atom. The van der Waals surface area contributed by atoms with Gasteiger partial charge in [-0.15, -0.1) is 0 Å². The molecule has 2 heterocycles. The van der Waals surface area contributed by atoms with Crippen molar-refractivity contribution < 1.29 is 0 Å². The fourth-order valence-corrected chi connectivity index (χ4v) is 4.80. The van der Waals surface area contributed by atoms with Crippen LogP contribution in [-0.2, 0) is 13.5 Å². The maximum Gasteiger partial charge on any atom is 0.0596 e. The molecule has 2 unspecified atom stereocenters. The predicted octanol–water partition coefficient (Wildman–Crippen LogP) is 1.45. The minimum Gasteiger partial charge on any atom is -0.326 e. The Kier molecular flexibility index (Phi) is 4.21. The van der Waals surface area contributed by atoms with Crippen LogP contribution in [0.4, 0.5) is 0 Å². The number of nitrogens with two attached hydrogens (primary N) is 1. The van der Waals surface area contributed by atoms with Gasteiger partial charge >= 0.3 is 0 Å². The molecule has 0 saturated carbocycles. The van der Waals surface area contributed by atoms with Gasteiger partial charge in [0.25, 0.3) is 0 Å². The van der Waals surface area contributed by atoms with Gasteiger partial charge in [0, 0.05) is 47.7 Å². The fourth-order valence-electron chi connectivity index (χ4n) is 1.98. The number of aromatic nitrogens is 2. The summed E-state index contributed by atoms with van der Waals surface area (Å²) in [5, 5.41) is 4.96. The summed E-state index contributed by atoms with van der Waals surface area (Å²) in [5.74, 6) is 3.72. The average Bonchev–Trinajstić information content (AvgIpc) is 2.59. The number of hydrogen-bond donors (Lipinski definition) is 1. The maximum atomic E-state index is 6.28. The highest BCUT2D eigenvalue weighted by atomic mass is 32.2. The van der Waals surface area contributed by atoms with E-state index in [1.807, 2.05) is 42.2 Å². The van der Waals surface area contributed by atoms with Crippen LogP contribution in [0, 0.1) is 6.92 Å². The molecule has 16 heavy (non-hydrogen) atoms. The zero-order valence-corrected chi connectivity index (χ0v) is 11.5. The van der Waals surface area contributed by atoms with Crippen LogP contribution in [-0.4, -0.2) is 38.3 Å². The zero-order chi connectivity index (χ0) is 11.5. The van der Waals surface area contributed by atoms with Gasteiger partial charge in [-0.2, -0.15) is 28.6 Å². The van der Waals surface area contributed by atoms with Gasteiger partial charge in [0.15, 0.2) is 0 Å². The van der Waals surface area contributed by atoms with Crippen molar-refractivity contribution in [2.24, 2.45) is 12.8 Å². The van der Waals surface area contributed by atoms with Crippen LogP contribution < -0.4 is 5.73 Å². The molecule has 1 aliphatic heterocycles. The van der Waals surface area contributed by atoms with Gasteiger partial charge in [0.1, 0.15) is 0 Å². The second kappa shape index (κ2) is 5.47. The van der Waals surface area contributed by atoms with Crippen molar-refractivity contribution in [2.45, 2.75) is 24.6 Å². The highest BCUT2D eigenvalue weighted by Crippen LogP contribution is 2.26. The van der Waals surface area contributed by atoms with E-state index >= 15 is 0 Å². The van der Waals surface area contributed by atoms with Gasteiger partial charge < -0.3 is 5.73 Å². The van der Waals surface area contributed by atoms with Crippen molar-refractivity contribution in [1.82, 2.24) is 9.78 Å². The molecule has 0 aromatic carbocycles. The molecule has 2 rings (SSSR count). The number of aryl methyl sites for hydroxylation is 2. The van der Waals surface area contributed by atoms with E-state index < -0.39 is 0 Å². The van der Waals surface area contributed by atoms with Gasteiger partial charge in [0.2, 0.25) is 0 Å². The third-order valence-electron chi connectivity index (χ3n) is 2.86. The summed E-state index contributed by atoms with van der Waals surface area (Å²) in [5.41, 5.74) is 8.61. The largest absolute Gasteiger partial charge is 0.326 e. The molecule has 1 fully saturated rings. The molecule has 0 spiro atoms. The number of rotatable bonds is 3. The minimum atomic E-state index is 0.257. The highest BCUT2D eigenvalue weighted by molar-refractivity contribution is 8.06. The van der Waals surface area contributed by atoms with Crippen LogP contribution in [0.5, 0.6) is 0 Å². The Hall–Kier alpha value is -0.130. The summed E-state index contributed by atoms with van der Waals surface area (Å²) in [6, 6.07) is 2.40. The second-order valence-corrected chi connectivity index (χ2v) is 6.75. The lowest BCUT2D eigenvalue weighted by atomic mass is 10.1. The summed E-state index contributed by atoms with van der Waals surface area (Å²) in [6.07, 6.45) is 0.940. The number of thioether (sulfide) groups is 2. The van der Waals surface area contributed by atoms with Crippen molar-refractivity contribution >= 4 is 23.5 Å². The van der Waals surface area contributed by atoms with Crippen LogP contribution in [0.2, 0.25) is 0 Å². The molecule has 5 heteroatoms. The van der Waals surface area contributed by atoms with E-state index in [1.165, 1.54) is 23.0 Å². The first-order chi connectivity index (χ1) is 7.66. The van der Waals surface area contributed by atoms with Gasteiger partial charge in [-0.3, -0.25) is 4.68 Å². The molecule has 1 aliphatic rings. The molecule has 0 radical (unpaired) electrons. The van der Waals surface area contributed by atoms with Crippen molar-refractivity contribution in [3.63, 3.8) is 0 Å². The molecule has 0 amide bonds. The molecule has 1 aromatic heterocycles. The maximum absolute atomic E-state index is 6.28. The van der Waals surface area contributed by atoms with Gasteiger partial charge in [-0.1, -0.05) is 0 Å². The molecule has 2 N–H and O–H groups in total. The molecule has 1 saturated heterocycles. The first-order valence-corrected chi connectivity index (χ1v) is 7.81. The van der Waals surface area contributed by atoms with E-state index in [-0.39, 0.29) is 6.04 Å². The average molecular weight is 257 g/mol. The molecule has 3 nitrogen and oxygen atoms in total. The Bertz CT molecular complexity index is 345. The molecule has 0 bridgehead atoms. The topological polar surface area (TPSA) is 43.8 Å². The van der Waals surface area contributed by atoms with E-state index in [4.69, 9.17) is 5.73 Å². The lowest BCUT2D eigenvalue weighted by Gasteiger charge is -2.26. The van der Waals surface area contributed by atoms with E-state index in [1.54, 1.807) is 0 Å². The van der Waals surface area contributed by atoms with Gasteiger partial charge in [-0.05, 0) is 13.0 Å². The quantitative estimate of drug-likeness (QED) is 0.890. The monoisotopic (exact) mass is 257 g/mol. The van der Waals surface area contributed by atoms with E-state index in [2.05, 4.69) is 11.2 Å². The van der Waals surface area contributed by atoms with Crippen LogP contribution in [0.25, 0.3) is 0 Å². The third-order valence-corrected chi connectivity index (χ3v) is 5.80. The normalized spacial score (nSPS) is 23.3. The van der Waals surface area contributed by atoms with Gasteiger partial charge in [0.05, 0.1) is 5.69 Å². The number of hydrogen-bond acceptors (Lipinski definition) is 4. The molecule has 0 aliphatic carbocycles. The van der Waals surface area contributed by atoms with Crippen molar-refractivity contribution in [1.29, 1.82) is 0 Å². The van der Waals surface area contributed by atoms with Crippen LogP contribution in [0.3, 0.4) is 0 Å². The minimum absolute atomic E-state index is 0.257. The first kappa shape index (κ1) is 12.3. The lowest BCUT2D eigenvalue weighted by Crippen LogP contribution is -2.38. The van der Waals surface area contributed by atoms with Crippen LogP contribution in [0.15, 0.2) is 6.07 Å². The predicted molar refractivity (Wildman–Crippen MR) is 73.2 cm³/mol. The highest BCUT2D eigenvalue weighted by Gasteiger charge is 2.22. The second-order valence-electron chi connectivity index (χ2n) is 4.25. The van der Waals surface area contributed by atoms with E-state index in [0.29, 0.717) is 5.25 Å². The molecule has 2 atom stereocenters. The smallest absolute Gasteiger partial charge is 0.0596 e. The Balaban J connectivity index is 1.95. The standard InChI is InChI=1S/C11H19N3S2/c1-8-5-9(14(2)13-8)6-10(12)11-7-15-3-4-16-11/h5,10-11H,3-4,6-7,12H2,1-2H3. The Morgan fingerprint density at radius 3 is 3.00 bits per heavy atom. The van der Waals surface area contributed by atoms with E-state index in [0.717, 1.165) is 12.1 Å². The number of nitrogens with zero attached hydrogens (tertiary/aromatic N) is 2. The van der Waals surface area contributed by atoms with Gasteiger partial charge in [-0.25, -0.2) is 0 Å². The molecule has 1 aromatic rings. The summed E-state index contributed by atoms with van der Waals surface area (Å²) in [7, 11) is 2.00. The van der Waals surface area contributed by atoms with Crippen LogP contribution in [0.1, 0.15) is 11.4 Å². The fraction of sp³-hybridized carbons (Fsp3) is 0.727. The Morgan fingerprint density at radius 1 is 1.62 bits per heavy atom. The van der Waals surface area contributed by atoms with Crippen molar-refractivity contribution in [3.05, 3.63) is 17.5 Å². The summed E-state index contributed by atoms with van der Waals surface area (Å²) in [6.45, 7) is 2.03. The molecule has 90 valence electrons. The molecular formula is C11H19N3S2. The van der Waals surface area contributed by atoms with Crippen molar-refractivity contribution in [2.75, 3.05) is 17.3 Å². The van der Waals surface area contributed by atoms with Crippen LogP contribution >= 0.6 is 23.5 Å². The lowest BCUT2D eigenvalue weighted by molar-refractivity contribution is 0.612. The van der Waals surface area contributed by atoms with Crippen molar-refractivity contribution in [3.8, 4) is 0 Å². The first-order valence-electron chi connectivity index (χ1n) is 5.61. The third kappa shape index (κ3) is 2.96. The SMILES string of the molecule is Cc1cc(CC(N)C2CSCCS2)n(C)n1. The Labute approximate surface area is 106 Å². The molecular weight excluding hydrogens is 238 g/mol. The summed E-state index contributed by atoms with van der Waals surface area (Å²) < 4.78 is 1.95. The summed E-state index contributed by atoms with van der Waals surface area (Å²) in [4.78, 5) is 0. The van der Waals surface area contributed by atoms with E-state index in [9.17, 15) is 0 Å². The zero-order valence-electron chi connectivity index (χ0n) is 9.85.